The first-order chi connectivity index (χ1) is 13.5. The second-order valence-corrected chi connectivity index (χ2v) is 6.67. The van der Waals surface area contributed by atoms with Crippen molar-refractivity contribution in [1.82, 2.24) is 24.7 Å². The van der Waals surface area contributed by atoms with Crippen LogP contribution >= 0.6 is 0 Å². The third-order valence-electron chi connectivity index (χ3n) is 4.66. The molecule has 0 aliphatic heterocycles. The lowest BCUT2D eigenvalue weighted by molar-refractivity contribution is -0.116. The summed E-state index contributed by atoms with van der Waals surface area (Å²) in [5.41, 5.74) is 2.44. The monoisotopic (exact) mass is 383 g/mol. The number of hydrogen-bond donors (Lipinski definition) is 2. The van der Waals surface area contributed by atoms with Crippen molar-refractivity contribution >= 4 is 11.0 Å². The van der Waals surface area contributed by atoms with E-state index in [0.717, 1.165) is 11.3 Å². The Hall–Kier alpha value is -3.13. The zero-order valence-electron chi connectivity index (χ0n) is 15.2. The van der Waals surface area contributed by atoms with Gasteiger partial charge in [0.1, 0.15) is 18.1 Å². The van der Waals surface area contributed by atoms with Gasteiger partial charge in [-0.3, -0.25) is 5.10 Å². The first-order valence-corrected chi connectivity index (χ1v) is 8.98. The fraction of sp³-hybridized carbons (Fsp3) is 0.250. The largest absolute Gasteiger partial charge is 0.382 e. The molecular formula is C20H19F2N5O. The van der Waals surface area contributed by atoms with Crippen molar-refractivity contribution in [1.29, 1.82) is 0 Å². The van der Waals surface area contributed by atoms with Crippen LogP contribution in [0.25, 0.3) is 28.1 Å². The molecule has 0 spiro atoms. The predicted molar refractivity (Wildman–Crippen MR) is 101 cm³/mol. The van der Waals surface area contributed by atoms with Crippen molar-refractivity contribution in [2.45, 2.75) is 31.8 Å². The number of aliphatic hydroxyl groups is 1. The minimum atomic E-state index is -3.18. The van der Waals surface area contributed by atoms with Crippen LogP contribution in [0.2, 0.25) is 0 Å². The highest BCUT2D eigenvalue weighted by atomic mass is 19.3. The molecule has 2 N–H and O–H groups in total. The summed E-state index contributed by atoms with van der Waals surface area (Å²) in [5, 5.41) is 17.4. The van der Waals surface area contributed by atoms with E-state index in [1.54, 1.807) is 19.1 Å². The standard InChI is InChI=1S/C20H19F2N5O/c1-2-7-20(21,22)17(28)15-9-14-6-8-27(19(14)23-11-15)16-5-3-4-13(10-16)18-24-12-25-26-18/h3-6,8-12,17,28H,2,7H2,1H3,(H,24,25,26)/t17-/m1/s1. The number of nitrogens with zero attached hydrogens (tertiary/aromatic N) is 4. The molecule has 4 aromatic rings. The molecule has 0 fully saturated rings. The number of fused-ring (bicyclic) bond motifs is 1. The molecule has 3 heterocycles. The summed E-state index contributed by atoms with van der Waals surface area (Å²) in [7, 11) is 0. The number of aliphatic hydroxyl groups excluding tert-OH is 1. The average molecular weight is 383 g/mol. The first kappa shape index (κ1) is 18.2. The first-order valence-electron chi connectivity index (χ1n) is 8.98. The van der Waals surface area contributed by atoms with E-state index in [-0.39, 0.29) is 18.4 Å². The number of aromatic nitrogens is 5. The Labute approximate surface area is 159 Å². The molecule has 3 aromatic heterocycles. The van der Waals surface area contributed by atoms with E-state index in [4.69, 9.17) is 0 Å². The summed E-state index contributed by atoms with van der Waals surface area (Å²) >= 11 is 0. The van der Waals surface area contributed by atoms with E-state index in [0.29, 0.717) is 16.9 Å². The number of H-pyrrole nitrogens is 1. The lowest BCUT2D eigenvalue weighted by Crippen LogP contribution is -2.26. The van der Waals surface area contributed by atoms with E-state index in [9.17, 15) is 13.9 Å². The molecule has 0 saturated carbocycles. The fourth-order valence-corrected chi connectivity index (χ4v) is 3.26. The van der Waals surface area contributed by atoms with E-state index < -0.39 is 12.0 Å². The molecule has 8 heteroatoms. The maximum Gasteiger partial charge on any atom is 0.277 e. The molecule has 0 aliphatic rings. The van der Waals surface area contributed by atoms with Crippen LogP contribution in [0.5, 0.6) is 0 Å². The highest BCUT2D eigenvalue weighted by Crippen LogP contribution is 2.36. The summed E-state index contributed by atoms with van der Waals surface area (Å²) in [6.07, 6.45) is 2.61. The summed E-state index contributed by atoms with van der Waals surface area (Å²) in [6.45, 7) is 1.66. The van der Waals surface area contributed by atoms with Crippen molar-refractivity contribution < 1.29 is 13.9 Å². The van der Waals surface area contributed by atoms with Crippen LogP contribution in [0, 0.1) is 0 Å². The smallest absolute Gasteiger partial charge is 0.277 e. The topological polar surface area (TPSA) is 79.6 Å². The zero-order chi connectivity index (χ0) is 19.7. The van der Waals surface area contributed by atoms with Crippen LogP contribution in [0.1, 0.15) is 31.4 Å². The number of rotatable bonds is 6. The van der Waals surface area contributed by atoms with Crippen LogP contribution < -0.4 is 0 Å². The summed E-state index contributed by atoms with van der Waals surface area (Å²) in [4.78, 5) is 8.49. The minimum absolute atomic E-state index is 0.110. The molecule has 28 heavy (non-hydrogen) atoms. The Morgan fingerprint density at radius 3 is 2.82 bits per heavy atom. The van der Waals surface area contributed by atoms with Gasteiger partial charge in [-0.05, 0) is 24.3 Å². The Morgan fingerprint density at radius 1 is 1.21 bits per heavy atom. The third-order valence-corrected chi connectivity index (χ3v) is 4.66. The van der Waals surface area contributed by atoms with Crippen LogP contribution in [0.3, 0.4) is 0 Å². The predicted octanol–water partition coefficient (Wildman–Crippen LogP) is 4.28. The highest BCUT2D eigenvalue weighted by Gasteiger charge is 2.38. The van der Waals surface area contributed by atoms with E-state index in [2.05, 4.69) is 20.2 Å². The Morgan fingerprint density at radius 2 is 2.07 bits per heavy atom. The van der Waals surface area contributed by atoms with Crippen molar-refractivity contribution in [2.75, 3.05) is 0 Å². The number of pyridine rings is 1. The molecule has 0 unspecified atom stereocenters. The quantitative estimate of drug-likeness (QED) is 0.521. The lowest BCUT2D eigenvalue weighted by Gasteiger charge is -2.22. The number of aromatic amines is 1. The molecule has 6 nitrogen and oxygen atoms in total. The van der Waals surface area contributed by atoms with Crippen molar-refractivity contribution in [3.8, 4) is 17.1 Å². The number of benzene rings is 1. The number of hydrogen-bond acceptors (Lipinski definition) is 4. The summed E-state index contributed by atoms with van der Waals surface area (Å²) in [6, 6.07) is 11.0. The molecule has 4 rings (SSSR count). The van der Waals surface area contributed by atoms with Crippen LogP contribution in [0.15, 0.2) is 55.1 Å². The maximum absolute atomic E-state index is 14.1. The Bertz CT molecular complexity index is 1090. The van der Waals surface area contributed by atoms with Gasteiger partial charge < -0.3 is 9.67 Å². The van der Waals surface area contributed by atoms with E-state index in [1.807, 2.05) is 35.0 Å². The van der Waals surface area contributed by atoms with Gasteiger partial charge in [-0.2, -0.15) is 5.10 Å². The van der Waals surface area contributed by atoms with Gasteiger partial charge in [0.2, 0.25) is 0 Å². The molecule has 144 valence electrons. The van der Waals surface area contributed by atoms with Crippen molar-refractivity contribution in [3.05, 3.63) is 60.7 Å². The van der Waals surface area contributed by atoms with Crippen molar-refractivity contribution in [3.63, 3.8) is 0 Å². The SMILES string of the molecule is CCCC(F)(F)[C@H](O)c1cnc2c(ccn2-c2cccc(-c3ncn[nH]3)c2)c1. The van der Waals surface area contributed by atoms with Gasteiger partial charge in [0, 0.05) is 41.0 Å². The fourth-order valence-electron chi connectivity index (χ4n) is 3.26. The average Bonchev–Trinajstić information content (AvgIpc) is 3.37. The van der Waals surface area contributed by atoms with Crippen molar-refractivity contribution in [2.24, 2.45) is 0 Å². The second kappa shape index (κ2) is 7.12. The summed E-state index contributed by atoms with van der Waals surface area (Å²) in [5.74, 6) is -2.53. The van der Waals surface area contributed by atoms with Gasteiger partial charge in [-0.25, -0.2) is 18.7 Å². The normalized spacial score (nSPS) is 13.1. The Balaban J connectivity index is 1.70. The van der Waals surface area contributed by atoms with Gasteiger partial charge in [0.25, 0.3) is 5.92 Å². The highest BCUT2D eigenvalue weighted by molar-refractivity contribution is 5.79. The molecule has 0 radical (unpaired) electrons. The van der Waals surface area contributed by atoms with E-state index >= 15 is 0 Å². The molecule has 1 atom stereocenters. The lowest BCUT2D eigenvalue weighted by atomic mass is 10.0. The van der Waals surface area contributed by atoms with Gasteiger partial charge in [0.05, 0.1) is 0 Å². The molecular weight excluding hydrogens is 364 g/mol. The number of alkyl halides is 2. The maximum atomic E-state index is 14.1. The zero-order valence-corrected chi connectivity index (χ0v) is 15.2. The van der Waals surface area contributed by atoms with E-state index in [1.165, 1.54) is 12.5 Å². The Kier molecular flexibility index (Phi) is 4.64. The minimum Gasteiger partial charge on any atom is -0.382 e. The molecule has 0 amide bonds. The third kappa shape index (κ3) is 3.27. The summed E-state index contributed by atoms with van der Waals surface area (Å²) < 4.78 is 30.0. The van der Waals surface area contributed by atoms with Crippen LogP contribution in [-0.4, -0.2) is 35.8 Å². The van der Waals surface area contributed by atoms with Crippen LogP contribution in [0.4, 0.5) is 8.78 Å². The van der Waals surface area contributed by atoms with Gasteiger partial charge in [-0.1, -0.05) is 25.5 Å². The molecule has 1 aromatic carbocycles. The number of halogens is 2. The number of nitrogens with one attached hydrogen (secondary N) is 1. The van der Waals surface area contributed by atoms with Crippen LogP contribution in [-0.2, 0) is 0 Å². The second-order valence-electron chi connectivity index (χ2n) is 6.67. The molecule has 0 saturated heterocycles. The van der Waals surface area contributed by atoms with Gasteiger partial charge in [0.15, 0.2) is 5.82 Å². The molecule has 0 bridgehead atoms. The molecule has 0 aliphatic carbocycles. The van der Waals surface area contributed by atoms with Gasteiger partial charge >= 0.3 is 0 Å². The van der Waals surface area contributed by atoms with Gasteiger partial charge in [-0.15, -0.1) is 0 Å².